The van der Waals surface area contributed by atoms with Crippen LogP contribution in [0.1, 0.15) is 0 Å². The fourth-order valence-electron chi connectivity index (χ4n) is 3.51. The van der Waals surface area contributed by atoms with Crippen molar-refractivity contribution >= 4 is 11.1 Å². The van der Waals surface area contributed by atoms with Gasteiger partial charge in [0.15, 0.2) is 28.6 Å². The van der Waals surface area contributed by atoms with Crippen molar-refractivity contribution < 1.29 is 28.1 Å². The quantitative estimate of drug-likeness (QED) is 0.406. The van der Waals surface area contributed by atoms with E-state index in [1.165, 1.54) is 0 Å². The number of oxazole rings is 1. The van der Waals surface area contributed by atoms with E-state index in [4.69, 9.17) is 28.1 Å². The van der Waals surface area contributed by atoms with Crippen molar-refractivity contribution in [2.45, 2.75) is 0 Å². The lowest BCUT2D eigenvalue weighted by Gasteiger charge is -2.14. The van der Waals surface area contributed by atoms with Gasteiger partial charge in [0.25, 0.3) is 0 Å². The first-order valence-electron chi connectivity index (χ1n) is 9.55. The molecule has 0 aliphatic heterocycles. The van der Waals surface area contributed by atoms with Gasteiger partial charge in [-0.25, -0.2) is 4.98 Å². The second-order valence-electron chi connectivity index (χ2n) is 6.66. The van der Waals surface area contributed by atoms with Gasteiger partial charge in [0, 0.05) is 11.1 Å². The van der Waals surface area contributed by atoms with Gasteiger partial charge >= 0.3 is 0 Å². The van der Waals surface area contributed by atoms with Gasteiger partial charge in [-0.3, -0.25) is 0 Å². The van der Waals surface area contributed by atoms with E-state index < -0.39 is 0 Å². The first kappa shape index (κ1) is 20.4. The third kappa shape index (κ3) is 3.59. The van der Waals surface area contributed by atoms with Crippen LogP contribution in [0.4, 0.5) is 0 Å². The number of nitrogens with zero attached hydrogens (tertiary/aromatic N) is 1. The lowest BCUT2D eigenvalue weighted by atomic mass is 10.0. The summed E-state index contributed by atoms with van der Waals surface area (Å²) in [6, 6.07) is 15.1. The highest BCUT2D eigenvalue weighted by atomic mass is 16.5. The molecule has 3 aromatic carbocycles. The molecule has 0 N–H and O–H groups in total. The number of aromatic nitrogens is 1. The molecule has 0 atom stereocenters. The van der Waals surface area contributed by atoms with Crippen LogP contribution < -0.4 is 23.7 Å². The standard InChI is InChI=1S/C24H23NO6/c1-26-18-10-9-14(11-19(18)27-2)24-25-17-8-6-7-16(22(17)31-24)15-12-20(28-3)23(30-5)21(13-15)29-4/h6-13H,1-5H3. The maximum Gasteiger partial charge on any atom is 0.227 e. The zero-order chi connectivity index (χ0) is 22.0. The predicted molar refractivity (Wildman–Crippen MR) is 118 cm³/mol. The minimum atomic E-state index is 0.482. The Hall–Kier alpha value is -3.87. The SMILES string of the molecule is COc1ccc(-c2nc3cccc(-c4cc(OC)c(OC)c(OC)c4)c3o2)cc1OC. The highest BCUT2D eigenvalue weighted by Crippen LogP contribution is 2.43. The fraction of sp³-hybridized carbons (Fsp3) is 0.208. The molecule has 0 radical (unpaired) electrons. The Morgan fingerprint density at radius 3 is 1.90 bits per heavy atom. The summed E-state index contributed by atoms with van der Waals surface area (Å²) in [5, 5.41) is 0. The van der Waals surface area contributed by atoms with Crippen LogP contribution in [0.5, 0.6) is 28.7 Å². The van der Waals surface area contributed by atoms with E-state index in [0.29, 0.717) is 40.2 Å². The minimum absolute atomic E-state index is 0.482. The van der Waals surface area contributed by atoms with Crippen LogP contribution in [0.25, 0.3) is 33.7 Å². The van der Waals surface area contributed by atoms with Gasteiger partial charge in [-0.15, -0.1) is 0 Å². The highest BCUT2D eigenvalue weighted by molar-refractivity contribution is 5.92. The molecule has 1 aromatic heterocycles. The lowest BCUT2D eigenvalue weighted by molar-refractivity contribution is 0.324. The van der Waals surface area contributed by atoms with E-state index in [-0.39, 0.29) is 0 Å². The number of hydrogen-bond acceptors (Lipinski definition) is 7. The summed E-state index contributed by atoms with van der Waals surface area (Å²) in [4.78, 5) is 4.67. The Balaban J connectivity index is 1.86. The summed E-state index contributed by atoms with van der Waals surface area (Å²) in [5.41, 5.74) is 3.88. The Labute approximate surface area is 180 Å². The predicted octanol–water partition coefficient (Wildman–Crippen LogP) is 5.20. The molecule has 0 fully saturated rings. The number of hydrogen-bond donors (Lipinski definition) is 0. The topological polar surface area (TPSA) is 72.2 Å². The Bertz CT molecular complexity index is 1210. The van der Waals surface area contributed by atoms with Crippen molar-refractivity contribution in [3.63, 3.8) is 0 Å². The smallest absolute Gasteiger partial charge is 0.227 e. The van der Waals surface area contributed by atoms with Crippen molar-refractivity contribution in [3.8, 4) is 51.3 Å². The van der Waals surface area contributed by atoms with E-state index in [0.717, 1.165) is 22.2 Å². The average Bonchev–Trinajstić information content (AvgIpc) is 3.27. The van der Waals surface area contributed by atoms with Crippen LogP contribution in [-0.4, -0.2) is 40.5 Å². The molecular weight excluding hydrogens is 398 g/mol. The van der Waals surface area contributed by atoms with Crippen LogP contribution in [0.3, 0.4) is 0 Å². The van der Waals surface area contributed by atoms with Crippen molar-refractivity contribution in [1.82, 2.24) is 4.98 Å². The molecule has 0 saturated heterocycles. The van der Waals surface area contributed by atoms with Crippen molar-refractivity contribution in [1.29, 1.82) is 0 Å². The van der Waals surface area contributed by atoms with Crippen LogP contribution in [0.2, 0.25) is 0 Å². The maximum atomic E-state index is 6.20. The van der Waals surface area contributed by atoms with Gasteiger partial charge in [-0.1, -0.05) is 12.1 Å². The van der Waals surface area contributed by atoms with Crippen LogP contribution in [0.15, 0.2) is 52.9 Å². The van der Waals surface area contributed by atoms with E-state index >= 15 is 0 Å². The highest BCUT2D eigenvalue weighted by Gasteiger charge is 2.18. The summed E-state index contributed by atoms with van der Waals surface area (Å²) in [6.07, 6.45) is 0. The van der Waals surface area contributed by atoms with E-state index in [9.17, 15) is 0 Å². The molecule has 0 aliphatic carbocycles. The van der Waals surface area contributed by atoms with Gasteiger partial charge in [0.05, 0.1) is 35.5 Å². The Morgan fingerprint density at radius 2 is 1.29 bits per heavy atom. The molecule has 0 saturated carbocycles. The first-order chi connectivity index (χ1) is 15.1. The second kappa shape index (κ2) is 8.47. The molecule has 31 heavy (non-hydrogen) atoms. The zero-order valence-electron chi connectivity index (χ0n) is 18.0. The van der Waals surface area contributed by atoms with Gasteiger partial charge in [0.1, 0.15) is 5.52 Å². The third-order valence-electron chi connectivity index (χ3n) is 5.02. The molecule has 4 rings (SSSR count). The van der Waals surface area contributed by atoms with Gasteiger partial charge in [-0.05, 0) is 42.0 Å². The van der Waals surface area contributed by atoms with Crippen LogP contribution >= 0.6 is 0 Å². The number of methoxy groups -OCH3 is 5. The van der Waals surface area contributed by atoms with Crippen LogP contribution in [0, 0.1) is 0 Å². The summed E-state index contributed by atoms with van der Waals surface area (Å²) in [7, 11) is 7.94. The molecule has 0 aliphatic rings. The fourth-order valence-corrected chi connectivity index (χ4v) is 3.51. The number of benzene rings is 3. The molecule has 1 heterocycles. The molecule has 0 amide bonds. The zero-order valence-corrected chi connectivity index (χ0v) is 18.0. The average molecular weight is 421 g/mol. The molecule has 4 aromatic rings. The largest absolute Gasteiger partial charge is 0.493 e. The Kier molecular flexibility index (Phi) is 5.58. The monoisotopic (exact) mass is 421 g/mol. The summed E-state index contributed by atoms with van der Waals surface area (Å²) < 4.78 is 33.3. The van der Waals surface area contributed by atoms with Crippen molar-refractivity contribution in [2.24, 2.45) is 0 Å². The van der Waals surface area contributed by atoms with E-state index in [1.54, 1.807) is 35.5 Å². The van der Waals surface area contributed by atoms with E-state index in [2.05, 4.69) is 4.98 Å². The molecule has 0 bridgehead atoms. The molecule has 0 unspecified atom stereocenters. The molecular formula is C24H23NO6. The molecule has 0 spiro atoms. The third-order valence-corrected chi connectivity index (χ3v) is 5.02. The van der Waals surface area contributed by atoms with Crippen molar-refractivity contribution in [3.05, 3.63) is 48.5 Å². The minimum Gasteiger partial charge on any atom is -0.493 e. The molecule has 7 heteroatoms. The lowest BCUT2D eigenvalue weighted by Crippen LogP contribution is -1.95. The number of para-hydroxylation sites is 1. The number of rotatable bonds is 7. The van der Waals surface area contributed by atoms with Gasteiger partial charge < -0.3 is 28.1 Å². The first-order valence-corrected chi connectivity index (χ1v) is 9.55. The van der Waals surface area contributed by atoms with Gasteiger partial charge in [0.2, 0.25) is 11.6 Å². The normalized spacial score (nSPS) is 10.7. The summed E-state index contributed by atoms with van der Waals surface area (Å²) in [6.45, 7) is 0. The molecule has 160 valence electrons. The van der Waals surface area contributed by atoms with E-state index in [1.807, 2.05) is 48.5 Å². The summed E-state index contributed by atoms with van der Waals surface area (Å²) >= 11 is 0. The Morgan fingerprint density at radius 1 is 0.645 bits per heavy atom. The van der Waals surface area contributed by atoms with Crippen molar-refractivity contribution in [2.75, 3.05) is 35.5 Å². The van der Waals surface area contributed by atoms with Crippen LogP contribution in [-0.2, 0) is 0 Å². The molecule has 7 nitrogen and oxygen atoms in total. The summed E-state index contributed by atoms with van der Waals surface area (Å²) in [5.74, 6) is 3.38. The second-order valence-corrected chi connectivity index (χ2v) is 6.66. The number of fused-ring (bicyclic) bond motifs is 1. The number of ether oxygens (including phenoxy) is 5. The van der Waals surface area contributed by atoms with Gasteiger partial charge in [-0.2, -0.15) is 0 Å². The maximum absolute atomic E-state index is 6.20.